The van der Waals surface area contributed by atoms with Crippen LogP contribution in [0.15, 0.2) is 93.2 Å². The van der Waals surface area contributed by atoms with E-state index in [1.165, 1.54) is 42.3 Å². The molecule has 1 aliphatic rings. The highest BCUT2D eigenvalue weighted by Crippen LogP contribution is 2.41. The molecule has 0 radical (unpaired) electrons. The van der Waals surface area contributed by atoms with Crippen LogP contribution in [0.4, 0.5) is 10.1 Å². The van der Waals surface area contributed by atoms with E-state index in [0.29, 0.717) is 33.3 Å². The Labute approximate surface area is 206 Å². The molecule has 2 N–H and O–H groups in total. The summed E-state index contributed by atoms with van der Waals surface area (Å²) in [6.45, 7) is 3.68. The smallest absolute Gasteiger partial charge is 0.254 e. The number of thioether (sulfide) groups is 1. The van der Waals surface area contributed by atoms with Gasteiger partial charge in [-0.2, -0.15) is 5.26 Å². The predicted molar refractivity (Wildman–Crippen MR) is 133 cm³/mol. The topological polar surface area (TPSA) is 95.1 Å². The summed E-state index contributed by atoms with van der Waals surface area (Å²) in [5.41, 5.74) is 3.17. The maximum absolute atomic E-state index is 13.3. The zero-order chi connectivity index (χ0) is 24.9. The lowest BCUT2D eigenvalue weighted by atomic mass is 9.85. The normalized spacial score (nSPS) is 15.4. The first kappa shape index (κ1) is 24.0. The Morgan fingerprint density at radius 3 is 2.46 bits per heavy atom. The molecule has 8 heteroatoms. The highest BCUT2D eigenvalue weighted by atomic mass is 32.2. The fourth-order valence-electron chi connectivity index (χ4n) is 3.76. The van der Waals surface area contributed by atoms with Gasteiger partial charge in [-0.25, -0.2) is 4.39 Å². The molecule has 0 aliphatic carbocycles. The quantitative estimate of drug-likeness (QED) is 0.417. The first-order valence-electron chi connectivity index (χ1n) is 10.8. The Morgan fingerprint density at radius 1 is 1.11 bits per heavy atom. The van der Waals surface area contributed by atoms with Crippen molar-refractivity contribution in [3.8, 4) is 6.07 Å². The van der Waals surface area contributed by atoms with Crippen molar-refractivity contribution in [2.45, 2.75) is 19.8 Å². The van der Waals surface area contributed by atoms with Crippen LogP contribution < -0.4 is 10.6 Å². The number of halogens is 1. The van der Waals surface area contributed by atoms with E-state index in [9.17, 15) is 19.2 Å². The number of nitrogens with one attached hydrogen (secondary N) is 2. The molecule has 0 fully saturated rings. The molecule has 6 nitrogen and oxygen atoms in total. The number of benzene rings is 2. The standard InChI is InChI=1S/C27H22FN3O3S/c1-16-5-7-18(8-6-16)22(32)15-35-27-21(14-29)25(23-4-3-13-34-23)24(17(2)30-27)26(33)31-20-11-9-19(28)10-12-20/h3-13,25,30H,15H2,1-2H3,(H,31,33)/t25-/m0/s1. The predicted octanol–water partition coefficient (Wildman–Crippen LogP) is 5.68. The van der Waals surface area contributed by atoms with Crippen molar-refractivity contribution in [2.24, 2.45) is 0 Å². The molecule has 1 amide bonds. The number of Topliss-reactive ketones (excluding diaryl/α,β-unsaturated/α-hetero) is 1. The van der Waals surface area contributed by atoms with Gasteiger partial charge < -0.3 is 15.1 Å². The van der Waals surface area contributed by atoms with Crippen molar-refractivity contribution in [1.29, 1.82) is 5.26 Å². The number of furan rings is 1. The average molecular weight is 488 g/mol. The summed E-state index contributed by atoms with van der Waals surface area (Å²) < 4.78 is 18.9. The number of amides is 1. The summed E-state index contributed by atoms with van der Waals surface area (Å²) in [7, 11) is 0. The van der Waals surface area contributed by atoms with Gasteiger partial charge >= 0.3 is 0 Å². The second-order valence-electron chi connectivity index (χ2n) is 8.01. The fraction of sp³-hybridized carbons (Fsp3) is 0.148. The zero-order valence-electron chi connectivity index (χ0n) is 19.1. The van der Waals surface area contributed by atoms with Crippen LogP contribution >= 0.6 is 11.8 Å². The molecular weight excluding hydrogens is 465 g/mol. The Hall–Kier alpha value is -4.09. The first-order chi connectivity index (χ1) is 16.9. The van der Waals surface area contributed by atoms with Crippen molar-refractivity contribution in [3.63, 3.8) is 0 Å². The SMILES string of the molecule is CC1=C(C(=O)Nc2ccc(F)cc2)[C@H](c2ccco2)C(C#N)=C(SCC(=O)c2ccc(C)cc2)N1. The summed E-state index contributed by atoms with van der Waals surface area (Å²) >= 11 is 1.21. The molecule has 2 heterocycles. The van der Waals surface area contributed by atoms with Gasteiger partial charge in [-0.15, -0.1) is 0 Å². The van der Waals surface area contributed by atoms with Gasteiger partial charge in [0, 0.05) is 16.9 Å². The van der Waals surface area contributed by atoms with E-state index in [-0.39, 0.29) is 17.1 Å². The third kappa shape index (κ3) is 5.36. The molecule has 1 atom stereocenters. The van der Waals surface area contributed by atoms with Crippen LogP contribution in [0.25, 0.3) is 0 Å². The second-order valence-corrected chi connectivity index (χ2v) is 8.99. The van der Waals surface area contributed by atoms with Crippen molar-refractivity contribution >= 4 is 29.1 Å². The number of hydrogen-bond donors (Lipinski definition) is 2. The van der Waals surface area contributed by atoms with Crippen molar-refractivity contribution in [2.75, 3.05) is 11.1 Å². The number of nitriles is 1. The summed E-state index contributed by atoms with van der Waals surface area (Å²) in [5, 5.41) is 16.5. The van der Waals surface area contributed by atoms with E-state index in [2.05, 4.69) is 16.7 Å². The van der Waals surface area contributed by atoms with E-state index in [0.717, 1.165) is 5.56 Å². The van der Waals surface area contributed by atoms with E-state index in [4.69, 9.17) is 4.42 Å². The molecule has 35 heavy (non-hydrogen) atoms. The van der Waals surface area contributed by atoms with Crippen LogP contribution in [0.2, 0.25) is 0 Å². The number of aryl methyl sites for hydroxylation is 1. The number of carbonyl (C=O) groups is 2. The summed E-state index contributed by atoms with van der Waals surface area (Å²) in [4.78, 5) is 26.0. The Morgan fingerprint density at radius 2 is 1.83 bits per heavy atom. The minimum absolute atomic E-state index is 0.0716. The summed E-state index contributed by atoms with van der Waals surface area (Å²) in [6.07, 6.45) is 1.48. The molecule has 3 aromatic rings. The number of rotatable bonds is 7. The van der Waals surface area contributed by atoms with E-state index in [1.54, 1.807) is 31.2 Å². The molecule has 1 aliphatic heterocycles. The van der Waals surface area contributed by atoms with Gasteiger partial charge in [0.1, 0.15) is 11.6 Å². The lowest BCUT2D eigenvalue weighted by molar-refractivity contribution is -0.113. The first-order valence-corrected chi connectivity index (χ1v) is 11.8. The zero-order valence-corrected chi connectivity index (χ0v) is 19.9. The third-order valence-electron chi connectivity index (χ3n) is 5.54. The molecule has 1 aromatic heterocycles. The third-order valence-corrected chi connectivity index (χ3v) is 6.56. The number of hydrogen-bond acceptors (Lipinski definition) is 6. The second kappa shape index (κ2) is 10.5. The Kier molecular flexibility index (Phi) is 7.18. The highest BCUT2D eigenvalue weighted by molar-refractivity contribution is 8.03. The Bertz CT molecular complexity index is 1350. The van der Waals surface area contributed by atoms with Crippen LogP contribution in [0, 0.1) is 24.1 Å². The molecule has 4 rings (SSSR count). The molecule has 0 unspecified atom stereocenters. The van der Waals surface area contributed by atoms with Gasteiger partial charge in [-0.3, -0.25) is 9.59 Å². The van der Waals surface area contributed by atoms with Gasteiger partial charge in [-0.1, -0.05) is 41.6 Å². The van der Waals surface area contributed by atoms with Crippen LogP contribution in [0.3, 0.4) is 0 Å². The van der Waals surface area contributed by atoms with Gasteiger partial charge in [0.2, 0.25) is 0 Å². The Balaban J connectivity index is 1.62. The molecule has 0 spiro atoms. The van der Waals surface area contributed by atoms with Crippen LogP contribution in [-0.4, -0.2) is 17.4 Å². The maximum atomic E-state index is 13.3. The molecule has 176 valence electrons. The largest absolute Gasteiger partial charge is 0.468 e. The average Bonchev–Trinajstić information content (AvgIpc) is 3.38. The molecule has 0 saturated carbocycles. The molecular formula is C27H22FN3O3S. The number of dihydropyridines is 1. The van der Waals surface area contributed by atoms with Crippen molar-refractivity contribution in [1.82, 2.24) is 5.32 Å². The number of ketones is 1. The lowest BCUT2D eigenvalue weighted by Gasteiger charge is -2.28. The molecule has 2 aromatic carbocycles. The monoisotopic (exact) mass is 487 g/mol. The van der Waals surface area contributed by atoms with Crippen LogP contribution in [0.5, 0.6) is 0 Å². The lowest BCUT2D eigenvalue weighted by Crippen LogP contribution is -2.30. The van der Waals surface area contributed by atoms with E-state index >= 15 is 0 Å². The fourth-order valence-corrected chi connectivity index (χ4v) is 4.75. The van der Waals surface area contributed by atoms with E-state index < -0.39 is 17.6 Å². The number of allylic oxidation sites excluding steroid dienone is 2. The van der Waals surface area contributed by atoms with E-state index in [1.807, 2.05) is 19.1 Å². The maximum Gasteiger partial charge on any atom is 0.254 e. The van der Waals surface area contributed by atoms with Gasteiger partial charge in [-0.05, 0) is 50.2 Å². The number of anilines is 1. The number of carbonyl (C=O) groups excluding carboxylic acids is 2. The molecule has 0 saturated heterocycles. The van der Waals surface area contributed by atoms with Crippen LogP contribution in [0.1, 0.15) is 34.5 Å². The van der Waals surface area contributed by atoms with Gasteiger partial charge in [0.05, 0.1) is 40.2 Å². The minimum Gasteiger partial charge on any atom is -0.468 e. The number of nitrogens with zero attached hydrogens (tertiary/aromatic N) is 1. The van der Waals surface area contributed by atoms with Crippen LogP contribution in [-0.2, 0) is 4.79 Å². The van der Waals surface area contributed by atoms with Crippen molar-refractivity contribution in [3.05, 3.63) is 112 Å². The summed E-state index contributed by atoms with van der Waals surface area (Å²) in [6, 6.07) is 18.3. The van der Waals surface area contributed by atoms with Crippen molar-refractivity contribution < 1.29 is 18.4 Å². The summed E-state index contributed by atoms with van der Waals surface area (Å²) in [5.74, 6) is -1.16. The van der Waals surface area contributed by atoms with Gasteiger partial charge in [0.25, 0.3) is 5.91 Å². The van der Waals surface area contributed by atoms with Gasteiger partial charge in [0.15, 0.2) is 5.78 Å². The molecule has 0 bridgehead atoms. The minimum atomic E-state index is -0.770. The highest BCUT2D eigenvalue weighted by Gasteiger charge is 2.36.